The van der Waals surface area contributed by atoms with Crippen LogP contribution >= 0.6 is 15.6 Å². The first-order chi connectivity index (χ1) is 35.1. The molecule has 1 aromatic heterocycles. The van der Waals surface area contributed by atoms with Crippen LogP contribution in [-0.4, -0.2) is 96.9 Å². The Morgan fingerprint density at radius 2 is 1.29 bits per heavy atom. The number of esters is 2. The number of hydrogen-bond donors (Lipinski definition) is 6. The predicted molar refractivity (Wildman–Crippen MR) is 281 cm³/mol. The molecule has 0 bridgehead atoms. The molecule has 19 nitrogen and oxygen atoms in total. The summed E-state index contributed by atoms with van der Waals surface area (Å²) < 4.78 is 56.7. The number of aliphatic hydroxyl groups excluding tert-OH is 3. The SMILES string of the molecule is CCCCC/C=C\C=C/[C@H](O)C/C=C\C/C=C/CCCC(=O)O[C@H](COC(=O)CCCCCCCCC/C=C\CCCCCCCC)COP(=O)(O)OP(=O)(O)OC[C@H]1O[C@@H](n2ccc(N)nc2=O)[C@H](O)[C@@H]1O. The molecule has 1 fully saturated rings. The molecular formula is C52H87N3O16P2. The third-order valence-electron chi connectivity index (χ3n) is 11.7. The molecule has 0 saturated carbocycles. The summed E-state index contributed by atoms with van der Waals surface area (Å²) in [6.45, 7) is 1.99. The number of carbonyl (C=O) groups excluding carboxylic acids is 2. The van der Waals surface area contributed by atoms with E-state index in [1.165, 1.54) is 57.4 Å². The molecule has 0 radical (unpaired) electrons. The van der Waals surface area contributed by atoms with Crippen molar-refractivity contribution in [2.45, 2.75) is 211 Å². The topological polar surface area (TPSA) is 286 Å². The fraction of sp³-hybridized carbons (Fsp3) is 0.692. The Morgan fingerprint density at radius 1 is 0.726 bits per heavy atom. The van der Waals surface area contributed by atoms with Crippen LogP contribution in [0, 0.1) is 0 Å². The summed E-state index contributed by atoms with van der Waals surface area (Å²) >= 11 is 0. The highest BCUT2D eigenvalue weighted by molar-refractivity contribution is 7.61. The molecular weight excluding hydrogens is 985 g/mol. The van der Waals surface area contributed by atoms with Crippen molar-refractivity contribution in [2.24, 2.45) is 0 Å². The van der Waals surface area contributed by atoms with Crippen molar-refractivity contribution in [1.82, 2.24) is 9.55 Å². The van der Waals surface area contributed by atoms with E-state index in [0.717, 1.165) is 75.0 Å². The second-order valence-corrected chi connectivity index (χ2v) is 21.3. The molecule has 1 aliphatic rings. The molecule has 2 rings (SSSR count). The first-order valence-corrected chi connectivity index (χ1v) is 29.4. The Labute approximate surface area is 433 Å². The van der Waals surface area contributed by atoms with Crippen molar-refractivity contribution < 1.29 is 71.4 Å². The first-order valence-electron chi connectivity index (χ1n) is 26.4. The number of anilines is 1. The first kappa shape index (κ1) is 65.5. The minimum Gasteiger partial charge on any atom is -0.462 e. The summed E-state index contributed by atoms with van der Waals surface area (Å²) in [6, 6.07) is 1.24. The highest BCUT2D eigenvalue weighted by Gasteiger charge is 2.46. The van der Waals surface area contributed by atoms with E-state index in [0.29, 0.717) is 32.1 Å². The number of ether oxygens (including phenoxy) is 3. The van der Waals surface area contributed by atoms with Gasteiger partial charge in [-0.1, -0.05) is 152 Å². The lowest BCUT2D eigenvalue weighted by molar-refractivity contribution is -0.161. The lowest BCUT2D eigenvalue weighted by atomic mass is 10.1. The van der Waals surface area contributed by atoms with Gasteiger partial charge in [-0.05, 0) is 76.7 Å². The van der Waals surface area contributed by atoms with Gasteiger partial charge < -0.3 is 45.1 Å². The van der Waals surface area contributed by atoms with Gasteiger partial charge in [-0.3, -0.25) is 23.2 Å². The summed E-state index contributed by atoms with van der Waals surface area (Å²) in [5, 5.41) is 31.1. The van der Waals surface area contributed by atoms with E-state index in [4.69, 9.17) is 29.0 Å². The standard InChI is InChI=1S/C52H87N3O16P2/c1-3-5-7-9-11-12-13-14-15-16-17-18-19-20-24-28-32-36-47(57)66-40-44(69-48(58)37-33-29-25-21-23-27-31-35-43(56)34-30-26-22-10-8-6-4-2)41-67-72(62,63)71-73(64,65)68-42-45-49(59)50(60)51(70-45)55-39-38-46(53)54-52(55)61/h14-15,21-22,25-27,30-31,34,38-39,43-45,49-51,56,59-60H,3-13,16-20,23-24,28-29,32-33,35-37,40-42H2,1-2H3,(H,62,63)(H,64,65)(H2,53,54,61)/b15-14-,25-21+,26-22-,31-27-,34-30-/t43-,44+,45+,49+,50+,51+/m0/s1. The summed E-state index contributed by atoms with van der Waals surface area (Å²) in [5.41, 5.74) is 4.58. The van der Waals surface area contributed by atoms with Crippen LogP contribution in [0.3, 0.4) is 0 Å². The largest absolute Gasteiger partial charge is 0.481 e. The zero-order valence-electron chi connectivity index (χ0n) is 43.3. The lowest BCUT2D eigenvalue weighted by Crippen LogP contribution is -2.36. The molecule has 416 valence electrons. The molecule has 1 aromatic rings. The fourth-order valence-corrected chi connectivity index (χ4v) is 9.61. The number of aliphatic hydroxyl groups is 3. The van der Waals surface area contributed by atoms with Gasteiger partial charge in [-0.15, -0.1) is 0 Å². The average Bonchev–Trinajstić information content (AvgIpc) is 3.62. The molecule has 1 aliphatic heterocycles. The maximum absolute atomic E-state index is 12.9. The van der Waals surface area contributed by atoms with E-state index < -0.39 is 89.8 Å². The van der Waals surface area contributed by atoms with Crippen molar-refractivity contribution in [3.63, 3.8) is 0 Å². The third kappa shape index (κ3) is 32.5. The number of carbonyl (C=O) groups is 2. The normalized spacial score (nSPS) is 19.9. The van der Waals surface area contributed by atoms with Gasteiger partial charge in [-0.25, -0.2) is 13.9 Å². The van der Waals surface area contributed by atoms with E-state index in [1.807, 2.05) is 36.5 Å². The molecule has 1 saturated heterocycles. The smallest absolute Gasteiger partial charge is 0.462 e. The van der Waals surface area contributed by atoms with E-state index >= 15 is 0 Å². The summed E-state index contributed by atoms with van der Waals surface area (Å²) in [6.07, 6.45) is 36.1. The molecule has 21 heteroatoms. The van der Waals surface area contributed by atoms with E-state index in [2.05, 4.69) is 41.4 Å². The van der Waals surface area contributed by atoms with Crippen LogP contribution in [0.2, 0.25) is 0 Å². The number of hydrogen-bond acceptors (Lipinski definition) is 16. The minimum atomic E-state index is -5.45. The van der Waals surface area contributed by atoms with Crippen molar-refractivity contribution in [3.8, 4) is 0 Å². The van der Waals surface area contributed by atoms with E-state index in [1.54, 1.807) is 6.08 Å². The van der Waals surface area contributed by atoms with Gasteiger partial charge in [0.15, 0.2) is 12.3 Å². The van der Waals surface area contributed by atoms with Crippen molar-refractivity contribution in [3.05, 3.63) is 83.5 Å². The number of phosphoric acid groups is 2. The van der Waals surface area contributed by atoms with Gasteiger partial charge in [0.05, 0.1) is 19.3 Å². The second-order valence-electron chi connectivity index (χ2n) is 18.2. The number of nitrogen functional groups attached to an aromatic ring is 1. The van der Waals surface area contributed by atoms with E-state index in [9.17, 15) is 48.6 Å². The number of aromatic nitrogens is 2. The van der Waals surface area contributed by atoms with Crippen LogP contribution in [0.25, 0.3) is 0 Å². The molecule has 8 atom stereocenters. The maximum atomic E-state index is 12.9. The Morgan fingerprint density at radius 3 is 1.97 bits per heavy atom. The molecule has 0 aromatic carbocycles. The van der Waals surface area contributed by atoms with Crippen molar-refractivity contribution >= 4 is 33.4 Å². The van der Waals surface area contributed by atoms with Gasteiger partial charge >= 0.3 is 33.3 Å². The summed E-state index contributed by atoms with van der Waals surface area (Å²) in [4.78, 5) is 61.9. The summed E-state index contributed by atoms with van der Waals surface area (Å²) in [5.74, 6) is -1.42. The van der Waals surface area contributed by atoms with Crippen molar-refractivity contribution in [2.75, 3.05) is 25.6 Å². The van der Waals surface area contributed by atoms with Crippen LogP contribution < -0.4 is 11.4 Å². The van der Waals surface area contributed by atoms with Crippen LogP contribution in [0.15, 0.2) is 77.8 Å². The highest BCUT2D eigenvalue weighted by atomic mass is 31.3. The molecule has 73 heavy (non-hydrogen) atoms. The quantitative estimate of drug-likeness (QED) is 0.0117. The van der Waals surface area contributed by atoms with Gasteiger partial charge in [-0.2, -0.15) is 9.29 Å². The molecule has 0 aliphatic carbocycles. The maximum Gasteiger partial charge on any atom is 0.481 e. The van der Waals surface area contributed by atoms with Crippen LogP contribution in [0.1, 0.15) is 181 Å². The number of nitrogens with two attached hydrogens (primary N) is 1. The Balaban J connectivity index is 1.83. The van der Waals surface area contributed by atoms with E-state index in [-0.39, 0.29) is 18.7 Å². The lowest BCUT2D eigenvalue weighted by Gasteiger charge is -2.21. The van der Waals surface area contributed by atoms with Gasteiger partial charge in [0.2, 0.25) is 0 Å². The van der Waals surface area contributed by atoms with Crippen LogP contribution in [0.4, 0.5) is 5.82 Å². The van der Waals surface area contributed by atoms with Gasteiger partial charge in [0, 0.05) is 19.0 Å². The molecule has 7 N–H and O–H groups in total. The molecule has 2 unspecified atom stereocenters. The molecule has 2 heterocycles. The Bertz CT molecular complexity index is 1980. The monoisotopic (exact) mass is 1070 g/mol. The van der Waals surface area contributed by atoms with Crippen LogP contribution in [0.5, 0.6) is 0 Å². The number of allylic oxidation sites excluding steroid dienone is 8. The minimum absolute atomic E-state index is 0.0623. The number of nitrogens with zero attached hydrogens (tertiary/aromatic N) is 2. The predicted octanol–water partition coefficient (Wildman–Crippen LogP) is 10.1. The zero-order valence-corrected chi connectivity index (χ0v) is 45.1. The number of phosphoric ester groups is 2. The van der Waals surface area contributed by atoms with Gasteiger partial charge in [0.1, 0.15) is 30.7 Å². The number of unbranched alkanes of at least 4 members (excludes halogenated alkanes) is 17. The van der Waals surface area contributed by atoms with Gasteiger partial charge in [0.25, 0.3) is 0 Å². The Hall–Kier alpha value is -3.58. The second kappa shape index (κ2) is 39.8. The zero-order chi connectivity index (χ0) is 53.6. The Kier molecular flexibility index (Phi) is 35.7. The molecule has 0 amide bonds. The average molecular weight is 1070 g/mol. The van der Waals surface area contributed by atoms with Crippen LogP contribution in [-0.2, 0) is 46.3 Å². The number of rotatable bonds is 43. The summed E-state index contributed by atoms with van der Waals surface area (Å²) in [7, 11) is -10.9. The molecule has 0 spiro atoms. The fourth-order valence-electron chi connectivity index (χ4n) is 7.50. The third-order valence-corrected chi connectivity index (χ3v) is 14.3. The highest BCUT2D eigenvalue weighted by Crippen LogP contribution is 2.60. The van der Waals surface area contributed by atoms with Crippen molar-refractivity contribution in [1.29, 1.82) is 0 Å².